The van der Waals surface area contributed by atoms with Crippen LogP contribution in [0, 0.1) is 0 Å². The number of benzene rings is 2. The van der Waals surface area contributed by atoms with Crippen molar-refractivity contribution in [1.29, 1.82) is 0 Å². The van der Waals surface area contributed by atoms with Gasteiger partial charge in [0.25, 0.3) is 0 Å². The predicted octanol–water partition coefficient (Wildman–Crippen LogP) is 5.08. The summed E-state index contributed by atoms with van der Waals surface area (Å²) in [5.74, 6) is 0. The summed E-state index contributed by atoms with van der Waals surface area (Å²) in [6.07, 6.45) is 13.2. The molecule has 0 aliphatic carbocycles. The molecule has 5 rings (SSSR count). The number of amides is 1. The van der Waals surface area contributed by atoms with E-state index in [0.717, 1.165) is 60.4 Å². The number of allylic oxidation sites excluding steroid dienone is 3. The van der Waals surface area contributed by atoms with E-state index in [4.69, 9.17) is 5.10 Å². The van der Waals surface area contributed by atoms with Crippen molar-refractivity contribution in [3.05, 3.63) is 89.9 Å². The summed E-state index contributed by atoms with van der Waals surface area (Å²) in [7, 11) is 3.58. The molecular formula is C30H35N7OS. The molecule has 2 aromatic carbocycles. The molecule has 8 nitrogen and oxygen atoms in total. The van der Waals surface area contributed by atoms with Gasteiger partial charge in [0.2, 0.25) is 6.41 Å². The third kappa shape index (κ3) is 5.69. The van der Waals surface area contributed by atoms with Gasteiger partial charge in [-0.2, -0.15) is 15.0 Å². The second-order valence-electron chi connectivity index (χ2n) is 10.1. The number of carbonyl (C=O) groups excluding carboxylic acids is 1. The molecule has 0 saturated carbocycles. The molecule has 39 heavy (non-hydrogen) atoms. The molecule has 1 atom stereocenters. The number of aromatic nitrogens is 5. The van der Waals surface area contributed by atoms with E-state index in [1.807, 2.05) is 43.2 Å². The highest BCUT2D eigenvalue weighted by atomic mass is 32.2. The normalized spacial score (nSPS) is 18.4. The molecule has 4 aromatic rings. The molecule has 3 heterocycles. The highest BCUT2D eigenvalue weighted by Gasteiger charge is 2.42. The molecule has 1 unspecified atom stereocenters. The van der Waals surface area contributed by atoms with Crippen LogP contribution in [0.3, 0.4) is 0 Å². The van der Waals surface area contributed by atoms with Gasteiger partial charge < -0.3 is 4.90 Å². The average molecular weight is 542 g/mol. The topological polar surface area (TPSA) is 72.1 Å². The number of rotatable bonds is 10. The molecule has 1 aliphatic heterocycles. The SMILES string of the molecule is C/C=C\C(=C/N(C)C=O)n1ncc2cc(C3(Cc4ccccc4)CCN(Sc4cnn(C)n4)C3)c(CC)cc21. The maximum atomic E-state index is 11.3. The van der Waals surface area contributed by atoms with Crippen LogP contribution in [0.25, 0.3) is 16.6 Å². The second-order valence-corrected chi connectivity index (χ2v) is 11.2. The lowest BCUT2D eigenvalue weighted by molar-refractivity contribution is -0.114. The number of carbonyl (C=O) groups is 1. The van der Waals surface area contributed by atoms with E-state index in [0.29, 0.717) is 0 Å². The van der Waals surface area contributed by atoms with Crippen LogP contribution in [-0.2, 0) is 30.1 Å². The summed E-state index contributed by atoms with van der Waals surface area (Å²) in [4.78, 5) is 14.4. The Balaban J connectivity index is 1.58. The zero-order valence-corrected chi connectivity index (χ0v) is 23.8. The van der Waals surface area contributed by atoms with Crippen molar-refractivity contribution in [2.24, 2.45) is 7.05 Å². The van der Waals surface area contributed by atoms with E-state index in [1.54, 1.807) is 30.0 Å². The van der Waals surface area contributed by atoms with E-state index in [1.165, 1.54) is 21.6 Å². The first-order valence-corrected chi connectivity index (χ1v) is 14.1. The fourth-order valence-electron chi connectivity index (χ4n) is 5.55. The third-order valence-corrected chi connectivity index (χ3v) is 8.28. The molecule has 0 spiro atoms. The first kappa shape index (κ1) is 26.9. The average Bonchev–Trinajstić information content (AvgIpc) is 3.67. The van der Waals surface area contributed by atoms with Gasteiger partial charge in [0.15, 0.2) is 5.03 Å². The first-order chi connectivity index (χ1) is 18.9. The molecule has 1 saturated heterocycles. The van der Waals surface area contributed by atoms with Crippen molar-refractivity contribution in [3.63, 3.8) is 0 Å². The van der Waals surface area contributed by atoms with Crippen LogP contribution < -0.4 is 0 Å². The van der Waals surface area contributed by atoms with Crippen molar-refractivity contribution < 1.29 is 4.79 Å². The monoisotopic (exact) mass is 541 g/mol. The minimum Gasteiger partial charge on any atom is -0.323 e. The molecule has 0 N–H and O–H groups in total. The van der Waals surface area contributed by atoms with Crippen LogP contribution in [0.1, 0.15) is 37.0 Å². The highest BCUT2D eigenvalue weighted by molar-refractivity contribution is 7.97. The fourth-order valence-corrected chi connectivity index (χ4v) is 6.55. The zero-order chi connectivity index (χ0) is 27.4. The molecule has 1 amide bonds. The number of nitrogens with zero attached hydrogens (tertiary/aromatic N) is 7. The minimum atomic E-state index is -0.0437. The van der Waals surface area contributed by atoms with Crippen LogP contribution in [0.2, 0.25) is 0 Å². The zero-order valence-electron chi connectivity index (χ0n) is 23.0. The molecule has 9 heteroatoms. The van der Waals surface area contributed by atoms with Crippen molar-refractivity contribution in [1.82, 2.24) is 34.0 Å². The van der Waals surface area contributed by atoms with E-state index in [-0.39, 0.29) is 5.41 Å². The van der Waals surface area contributed by atoms with Gasteiger partial charge >= 0.3 is 0 Å². The summed E-state index contributed by atoms with van der Waals surface area (Å²) in [5, 5.41) is 15.5. The maximum absolute atomic E-state index is 11.3. The molecule has 0 radical (unpaired) electrons. The lowest BCUT2D eigenvalue weighted by atomic mass is 9.72. The number of hydrogen-bond donors (Lipinski definition) is 0. The summed E-state index contributed by atoms with van der Waals surface area (Å²) >= 11 is 1.69. The van der Waals surface area contributed by atoms with Crippen LogP contribution in [0.15, 0.2) is 78.2 Å². The van der Waals surface area contributed by atoms with Gasteiger partial charge in [-0.25, -0.2) is 8.99 Å². The largest absolute Gasteiger partial charge is 0.323 e. The van der Waals surface area contributed by atoms with Gasteiger partial charge in [0.1, 0.15) is 0 Å². The van der Waals surface area contributed by atoms with Gasteiger partial charge in [-0.1, -0.05) is 43.3 Å². The Hall–Kier alpha value is -3.69. The molecule has 0 bridgehead atoms. The Kier molecular flexibility index (Phi) is 7.99. The molecule has 1 aliphatic rings. The Bertz CT molecular complexity index is 1510. The quantitative estimate of drug-likeness (QED) is 0.158. The van der Waals surface area contributed by atoms with E-state index >= 15 is 0 Å². The Morgan fingerprint density at radius 2 is 2.00 bits per heavy atom. The second kappa shape index (κ2) is 11.6. The van der Waals surface area contributed by atoms with Crippen LogP contribution in [0.4, 0.5) is 0 Å². The summed E-state index contributed by atoms with van der Waals surface area (Å²) in [6.45, 7) is 6.09. The molecular weight excluding hydrogens is 506 g/mol. The van der Waals surface area contributed by atoms with Gasteiger partial charge in [0, 0.05) is 44.2 Å². The predicted molar refractivity (Wildman–Crippen MR) is 157 cm³/mol. The summed E-state index contributed by atoms with van der Waals surface area (Å²) < 4.78 is 4.36. The van der Waals surface area contributed by atoms with Crippen LogP contribution in [0.5, 0.6) is 0 Å². The van der Waals surface area contributed by atoms with Crippen LogP contribution >= 0.6 is 11.9 Å². The maximum Gasteiger partial charge on any atom is 0.213 e. The highest BCUT2D eigenvalue weighted by Crippen LogP contribution is 2.44. The first-order valence-electron chi connectivity index (χ1n) is 13.3. The smallest absolute Gasteiger partial charge is 0.213 e. The van der Waals surface area contributed by atoms with Gasteiger partial charge in [-0.15, -0.1) is 5.10 Å². The van der Waals surface area contributed by atoms with Crippen molar-refractivity contribution in [2.45, 2.75) is 43.6 Å². The fraction of sp³-hybridized carbons (Fsp3) is 0.333. The van der Waals surface area contributed by atoms with E-state index < -0.39 is 0 Å². The van der Waals surface area contributed by atoms with Crippen molar-refractivity contribution in [2.75, 3.05) is 20.1 Å². The van der Waals surface area contributed by atoms with Gasteiger partial charge in [-0.3, -0.25) is 4.79 Å². The minimum absolute atomic E-state index is 0.0437. The Morgan fingerprint density at radius 1 is 1.18 bits per heavy atom. The Labute approximate surface area is 234 Å². The van der Waals surface area contributed by atoms with E-state index in [2.05, 4.69) is 63.9 Å². The van der Waals surface area contributed by atoms with Crippen LogP contribution in [-0.4, -0.2) is 60.5 Å². The number of fused-ring (bicyclic) bond motifs is 1. The van der Waals surface area contributed by atoms with E-state index in [9.17, 15) is 4.79 Å². The standard InChI is InChI=1S/C30H35N7OS/c1-5-10-26(20-34(3)22-38)37-28-16-24(6-2)27(15-25(28)18-32-37)30(17-23-11-8-7-9-12-23)13-14-36(21-30)39-29-19-31-35(4)33-29/h5,7-12,15-16,18-20,22H,6,13-14,17,21H2,1-4H3/b10-5-,26-20+. The van der Waals surface area contributed by atoms with Crippen molar-refractivity contribution >= 4 is 35.0 Å². The third-order valence-electron chi connectivity index (χ3n) is 7.33. The lowest BCUT2D eigenvalue weighted by Crippen LogP contribution is -2.33. The molecule has 1 fully saturated rings. The van der Waals surface area contributed by atoms with Gasteiger partial charge in [-0.05, 0) is 73.0 Å². The molecule has 2 aromatic heterocycles. The lowest BCUT2D eigenvalue weighted by Gasteiger charge is -2.32. The number of hydrogen-bond acceptors (Lipinski definition) is 6. The molecule has 202 valence electrons. The summed E-state index contributed by atoms with van der Waals surface area (Å²) in [6, 6.07) is 15.5. The van der Waals surface area contributed by atoms with Crippen molar-refractivity contribution in [3.8, 4) is 0 Å². The van der Waals surface area contributed by atoms with Gasteiger partial charge in [0.05, 0.1) is 23.6 Å². The summed E-state index contributed by atoms with van der Waals surface area (Å²) in [5.41, 5.74) is 5.90. The number of aryl methyl sites for hydroxylation is 2. The Morgan fingerprint density at radius 3 is 2.69 bits per heavy atom.